The molecule has 1 saturated heterocycles. The van der Waals surface area contributed by atoms with Gasteiger partial charge in [-0.1, -0.05) is 46.3 Å². The Morgan fingerprint density at radius 3 is 2.79 bits per heavy atom. The largest absolute Gasteiger partial charge is 0.488 e. The molecule has 0 spiro atoms. The molecule has 1 heterocycles. The zero-order valence-corrected chi connectivity index (χ0v) is 14.9. The first-order valence-corrected chi connectivity index (χ1v) is 8.87. The Morgan fingerprint density at radius 2 is 2.00 bits per heavy atom. The average molecular weight is 390 g/mol. The van der Waals surface area contributed by atoms with Gasteiger partial charge in [0.1, 0.15) is 12.4 Å². The molecule has 1 atom stereocenters. The second kappa shape index (κ2) is 8.31. The molecule has 5 heteroatoms. The number of para-hydroxylation sites is 1. The van der Waals surface area contributed by atoms with Crippen LogP contribution in [0, 0.1) is 0 Å². The third-order valence-corrected chi connectivity index (χ3v) is 4.74. The molecule has 2 aromatic rings. The van der Waals surface area contributed by atoms with Crippen molar-refractivity contribution in [1.82, 2.24) is 5.32 Å². The predicted octanol–water partition coefficient (Wildman–Crippen LogP) is 3.94. The summed E-state index contributed by atoms with van der Waals surface area (Å²) >= 11 is 3.51. The highest BCUT2D eigenvalue weighted by atomic mass is 79.9. The minimum atomic E-state index is -0.117. The van der Waals surface area contributed by atoms with Gasteiger partial charge < -0.3 is 14.8 Å². The van der Waals surface area contributed by atoms with E-state index in [0.717, 1.165) is 29.5 Å². The van der Waals surface area contributed by atoms with Gasteiger partial charge in [-0.25, -0.2) is 0 Å². The molecular formula is C19H20BrNO3. The number of hydrogen-bond acceptors (Lipinski definition) is 3. The molecule has 2 aromatic carbocycles. The lowest BCUT2D eigenvalue weighted by Gasteiger charge is -2.23. The second-order valence-corrected chi connectivity index (χ2v) is 6.62. The van der Waals surface area contributed by atoms with Crippen molar-refractivity contribution < 1.29 is 14.3 Å². The SMILES string of the molecule is O=C(NC1CCCOC1)c1ccccc1OCc1ccccc1Br. The Hall–Kier alpha value is -1.85. The van der Waals surface area contributed by atoms with Crippen LogP contribution in [0.5, 0.6) is 5.75 Å². The van der Waals surface area contributed by atoms with Crippen molar-refractivity contribution >= 4 is 21.8 Å². The van der Waals surface area contributed by atoms with Crippen molar-refractivity contribution in [2.75, 3.05) is 13.2 Å². The Morgan fingerprint density at radius 1 is 1.21 bits per heavy atom. The first-order chi connectivity index (χ1) is 11.7. The van der Waals surface area contributed by atoms with Crippen molar-refractivity contribution in [3.63, 3.8) is 0 Å². The lowest BCUT2D eigenvalue weighted by atomic mass is 10.1. The number of carbonyl (C=O) groups excluding carboxylic acids is 1. The highest BCUT2D eigenvalue weighted by Crippen LogP contribution is 2.22. The molecule has 1 fully saturated rings. The molecule has 1 aliphatic rings. The summed E-state index contributed by atoms with van der Waals surface area (Å²) in [6.45, 7) is 1.75. The van der Waals surface area contributed by atoms with Gasteiger partial charge in [0.15, 0.2) is 0 Å². The van der Waals surface area contributed by atoms with Crippen LogP contribution in [0.4, 0.5) is 0 Å². The second-order valence-electron chi connectivity index (χ2n) is 5.76. The van der Waals surface area contributed by atoms with Crippen LogP contribution >= 0.6 is 15.9 Å². The van der Waals surface area contributed by atoms with Gasteiger partial charge in [0.05, 0.1) is 18.2 Å². The van der Waals surface area contributed by atoms with Gasteiger partial charge in [0, 0.05) is 16.6 Å². The van der Waals surface area contributed by atoms with E-state index in [0.29, 0.717) is 24.5 Å². The van der Waals surface area contributed by atoms with E-state index in [9.17, 15) is 4.79 Å². The van der Waals surface area contributed by atoms with Crippen molar-refractivity contribution in [1.29, 1.82) is 0 Å². The highest BCUT2D eigenvalue weighted by molar-refractivity contribution is 9.10. The first-order valence-electron chi connectivity index (χ1n) is 8.08. The fraction of sp³-hybridized carbons (Fsp3) is 0.316. The maximum Gasteiger partial charge on any atom is 0.255 e. The van der Waals surface area contributed by atoms with Crippen molar-refractivity contribution in [3.8, 4) is 5.75 Å². The Labute approximate surface area is 150 Å². The van der Waals surface area contributed by atoms with Crippen LogP contribution in [0.25, 0.3) is 0 Å². The van der Waals surface area contributed by atoms with Crippen LogP contribution < -0.4 is 10.1 Å². The van der Waals surface area contributed by atoms with E-state index >= 15 is 0 Å². The van der Waals surface area contributed by atoms with Crippen LogP contribution in [0.3, 0.4) is 0 Å². The molecule has 24 heavy (non-hydrogen) atoms. The topological polar surface area (TPSA) is 47.6 Å². The van der Waals surface area contributed by atoms with E-state index < -0.39 is 0 Å². The zero-order chi connectivity index (χ0) is 16.8. The summed E-state index contributed by atoms with van der Waals surface area (Å²) in [6.07, 6.45) is 1.93. The zero-order valence-electron chi connectivity index (χ0n) is 13.3. The number of rotatable bonds is 5. The van der Waals surface area contributed by atoms with E-state index in [1.165, 1.54) is 0 Å². The monoisotopic (exact) mass is 389 g/mol. The van der Waals surface area contributed by atoms with Gasteiger partial charge in [-0.05, 0) is 31.0 Å². The minimum absolute atomic E-state index is 0.0718. The lowest BCUT2D eigenvalue weighted by molar-refractivity contribution is 0.0622. The van der Waals surface area contributed by atoms with Gasteiger partial charge in [0.2, 0.25) is 0 Å². The number of amides is 1. The number of halogens is 1. The third-order valence-electron chi connectivity index (χ3n) is 3.97. The van der Waals surface area contributed by atoms with Crippen molar-refractivity contribution in [2.24, 2.45) is 0 Å². The van der Waals surface area contributed by atoms with Crippen LogP contribution in [0.15, 0.2) is 53.0 Å². The molecule has 3 rings (SSSR count). The van der Waals surface area contributed by atoms with Crippen LogP contribution in [-0.2, 0) is 11.3 Å². The summed E-state index contributed by atoms with van der Waals surface area (Å²) < 4.78 is 12.3. The summed E-state index contributed by atoms with van der Waals surface area (Å²) in [5, 5.41) is 3.03. The van der Waals surface area contributed by atoms with Crippen LogP contribution in [0.1, 0.15) is 28.8 Å². The third kappa shape index (κ3) is 4.36. The molecule has 0 bridgehead atoms. The predicted molar refractivity (Wildman–Crippen MR) is 96.2 cm³/mol. The summed E-state index contributed by atoms with van der Waals surface area (Å²) in [7, 11) is 0. The molecule has 1 amide bonds. The normalized spacial score (nSPS) is 17.3. The number of carbonyl (C=O) groups is 1. The van der Waals surface area contributed by atoms with E-state index in [-0.39, 0.29) is 11.9 Å². The maximum atomic E-state index is 12.6. The van der Waals surface area contributed by atoms with Gasteiger partial charge in [-0.2, -0.15) is 0 Å². The molecular weight excluding hydrogens is 370 g/mol. The fourth-order valence-corrected chi connectivity index (χ4v) is 3.07. The van der Waals surface area contributed by atoms with Gasteiger partial charge >= 0.3 is 0 Å². The molecule has 1 unspecified atom stereocenters. The molecule has 4 nitrogen and oxygen atoms in total. The quantitative estimate of drug-likeness (QED) is 0.842. The molecule has 0 aromatic heterocycles. The number of ether oxygens (including phenoxy) is 2. The van der Waals surface area contributed by atoms with Crippen LogP contribution in [0.2, 0.25) is 0 Å². The van der Waals surface area contributed by atoms with E-state index in [4.69, 9.17) is 9.47 Å². The number of nitrogens with one attached hydrogen (secondary N) is 1. The molecule has 1 aliphatic heterocycles. The fourth-order valence-electron chi connectivity index (χ4n) is 2.67. The highest BCUT2D eigenvalue weighted by Gasteiger charge is 2.19. The lowest BCUT2D eigenvalue weighted by Crippen LogP contribution is -2.40. The Balaban J connectivity index is 1.68. The van der Waals surface area contributed by atoms with E-state index in [1.807, 2.05) is 42.5 Å². The smallest absolute Gasteiger partial charge is 0.255 e. The number of benzene rings is 2. The molecule has 0 saturated carbocycles. The standard InChI is InChI=1S/C19H20BrNO3/c20-17-9-3-1-6-14(17)12-24-18-10-4-2-8-16(18)19(22)21-15-7-5-11-23-13-15/h1-4,6,8-10,15H,5,7,11-13H2,(H,21,22). The van der Waals surface area contributed by atoms with Gasteiger partial charge in [-0.15, -0.1) is 0 Å². The summed E-state index contributed by atoms with van der Waals surface area (Å²) in [4.78, 5) is 12.6. The van der Waals surface area contributed by atoms with Crippen LogP contribution in [-0.4, -0.2) is 25.2 Å². The molecule has 126 valence electrons. The minimum Gasteiger partial charge on any atom is -0.488 e. The van der Waals surface area contributed by atoms with Crippen molar-refractivity contribution in [3.05, 3.63) is 64.1 Å². The molecule has 1 N–H and O–H groups in total. The van der Waals surface area contributed by atoms with Gasteiger partial charge in [0.25, 0.3) is 5.91 Å². The summed E-state index contributed by atoms with van der Waals surface area (Å²) in [6, 6.07) is 15.3. The average Bonchev–Trinajstić information content (AvgIpc) is 2.62. The summed E-state index contributed by atoms with van der Waals surface area (Å²) in [5.41, 5.74) is 1.59. The summed E-state index contributed by atoms with van der Waals surface area (Å²) in [5.74, 6) is 0.468. The van der Waals surface area contributed by atoms with E-state index in [2.05, 4.69) is 21.2 Å². The first kappa shape index (κ1) is 17.0. The molecule has 0 radical (unpaired) electrons. The molecule has 0 aliphatic carbocycles. The Bertz CT molecular complexity index is 699. The maximum absolute atomic E-state index is 12.6. The number of hydrogen-bond donors (Lipinski definition) is 1. The van der Waals surface area contributed by atoms with Gasteiger partial charge in [-0.3, -0.25) is 4.79 Å². The Kier molecular flexibility index (Phi) is 5.88. The van der Waals surface area contributed by atoms with Crippen molar-refractivity contribution in [2.45, 2.75) is 25.5 Å². The van der Waals surface area contributed by atoms with E-state index in [1.54, 1.807) is 6.07 Å².